The minimum atomic E-state index is -0.880. The second-order valence-corrected chi connectivity index (χ2v) is 5.70. The molecule has 1 aliphatic heterocycles. The normalized spacial score (nSPS) is 19.2. The summed E-state index contributed by atoms with van der Waals surface area (Å²) >= 11 is 0. The van der Waals surface area contributed by atoms with E-state index in [4.69, 9.17) is 0 Å². The fourth-order valence-corrected chi connectivity index (χ4v) is 3.08. The molecule has 0 saturated carbocycles. The molecule has 0 amide bonds. The summed E-state index contributed by atoms with van der Waals surface area (Å²) in [4.78, 5) is 18.1. The number of anilines is 1. The third-order valence-corrected chi connectivity index (χ3v) is 3.90. The minimum absolute atomic E-state index is 0.359. The van der Waals surface area contributed by atoms with Crippen molar-refractivity contribution in [2.75, 3.05) is 11.4 Å². The Bertz CT molecular complexity index is 497. The molecule has 4 heteroatoms. The molecule has 2 rings (SSSR count). The van der Waals surface area contributed by atoms with Crippen LogP contribution in [0.25, 0.3) is 0 Å². The van der Waals surface area contributed by atoms with Crippen LogP contribution in [0.1, 0.15) is 48.4 Å². The van der Waals surface area contributed by atoms with Crippen molar-refractivity contribution in [3.63, 3.8) is 0 Å². The Balaban J connectivity index is 2.51. The van der Waals surface area contributed by atoms with E-state index in [0.717, 1.165) is 30.8 Å². The molecule has 0 bridgehead atoms. The average Bonchev–Trinajstić information content (AvgIpc) is 2.75. The maximum atomic E-state index is 11.5. The summed E-state index contributed by atoms with van der Waals surface area (Å²) in [5, 5.41) is 9.46. The largest absolute Gasteiger partial charge is 0.478 e. The first-order chi connectivity index (χ1) is 8.91. The van der Waals surface area contributed by atoms with Crippen LogP contribution in [-0.2, 0) is 0 Å². The van der Waals surface area contributed by atoms with Crippen molar-refractivity contribution < 1.29 is 9.90 Å². The van der Waals surface area contributed by atoms with Gasteiger partial charge in [0.15, 0.2) is 0 Å². The molecule has 1 fully saturated rings. The Morgan fingerprint density at radius 2 is 2.16 bits per heavy atom. The molecule has 19 heavy (non-hydrogen) atoms. The molecule has 1 atom stereocenters. The van der Waals surface area contributed by atoms with Crippen LogP contribution < -0.4 is 4.90 Å². The van der Waals surface area contributed by atoms with Gasteiger partial charge in [-0.2, -0.15) is 0 Å². The van der Waals surface area contributed by atoms with Crippen LogP contribution >= 0.6 is 0 Å². The molecular formula is C15H22N2O2. The lowest BCUT2D eigenvalue weighted by Crippen LogP contribution is -2.34. The van der Waals surface area contributed by atoms with E-state index in [2.05, 4.69) is 23.7 Å². The Morgan fingerprint density at radius 1 is 1.47 bits per heavy atom. The monoisotopic (exact) mass is 262 g/mol. The lowest BCUT2D eigenvalue weighted by atomic mass is 10.0. The zero-order chi connectivity index (χ0) is 14.2. The van der Waals surface area contributed by atoms with Crippen LogP contribution in [0.3, 0.4) is 0 Å². The van der Waals surface area contributed by atoms with Gasteiger partial charge in [-0.1, -0.05) is 13.8 Å². The predicted octanol–water partition coefficient (Wildman–Crippen LogP) is 3.02. The summed E-state index contributed by atoms with van der Waals surface area (Å²) in [6.45, 7) is 9.03. The number of nitrogens with zero attached hydrogens (tertiary/aromatic N) is 2. The molecule has 2 heterocycles. The highest BCUT2D eigenvalue weighted by Gasteiger charge is 2.30. The number of hydrogen-bond donors (Lipinski definition) is 1. The lowest BCUT2D eigenvalue weighted by Gasteiger charge is -2.31. The average molecular weight is 262 g/mol. The fourth-order valence-electron chi connectivity index (χ4n) is 3.08. The molecule has 0 radical (unpaired) electrons. The van der Waals surface area contributed by atoms with Gasteiger partial charge < -0.3 is 10.0 Å². The summed E-state index contributed by atoms with van der Waals surface area (Å²) in [7, 11) is 0. The first kappa shape index (κ1) is 13.8. The van der Waals surface area contributed by atoms with Crippen molar-refractivity contribution in [3.8, 4) is 0 Å². The Labute approximate surface area is 114 Å². The number of aromatic nitrogens is 1. The Kier molecular flexibility index (Phi) is 3.78. The second-order valence-electron chi connectivity index (χ2n) is 5.70. The second kappa shape index (κ2) is 5.19. The van der Waals surface area contributed by atoms with Gasteiger partial charge in [0.05, 0.1) is 11.4 Å². The molecular weight excluding hydrogens is 240 g/mol. The highest BCUT2D eigenvalue weighted by Crippen LogP contribution is 2.33. The van der Waals surface area contributed by atoms with Crippen LogP contribution in [0, 0.1) is 19.8 Å². The Hall–Kier alpha value is -1.58. The van der Waals surface area contributed by atoms with Gasteiger partial charge in [0.25, 0.3) is 0 Å². The van der Waals surface area contributed by atoms with E-state index in [0.29, 0.717) is 23.2 Å². The third kappa shape index (κ3) is 2.57. The van der Waals surface area contributed by atoms with Gasteiger partial charge in [-0.25, -0.2) is 4.79 Å². The van der Waals surface area contributed by atoms with Crippen molar-refractivity contribution in [3.05, 3.63) is 23.0 Å². The summed E-state index contributed by atoms with van der Waals surface area (Å²) in [5.74, 6) is -0.354. The quantitative estimate of drug-likeness (QED) is 0.909. The third-order valence-electron chi connectivity index (χ3n) is 3.90. The van der Waals surface area contributed by atoms with E-state index >= 15 is 0 Å². The summed E-state index contributed by atoms with van der Waals surface area (Å²) in [6, 6.07) is 2.34. The molecule has 0 spiro atoms. The minimum Gasteiger partial charge on any atom is -0.478 e. The molecule has 1 saturated heterocycles. The summed E-state index contributed by atoms with van der Waals surface area (Å²) in [5.41, 5.74) is 2.69. The number of aromatic carboxylic acids is 1. The molecule has 1 aliphatic rings. The number of hydrogen-bond acceptors (Lipinski definition) is 3. The molecule has 104 valence electrons. The van der Waals surface area contributed by atoms with Gasteiger partial charge in [0.1, 0.15) is 5.56 Å². The SMILES string of the molecule is Cc1cc(N2CCCC2C(C)C)c(C(=O)O)c(C)n1. The number of rotatable bonds is 3. The van der Waals surface area contributed by atoms with Crippen molar-refractivity contribution in [1.29, 1.82) is 0 Å². The Morgan fingerprint density at radius 3 is 2.74 bits per heavy atom. The molecule has 1 unspecified atom stereocenters. The lowest BCUT2D eigenvalue weighted by molar-refractivity contribution is 0.0696. The number of carboxylic acids is 1. The van der Waals surface area contributed by atoms with Gasteiger partial charge in [-0.3, -0.25) is 4.98 Å². The van der Waals surface area contributed by atoms with Crippen molar-refractivity contribution >= 4 is 11.7 Å². The maximum absolute atomic E-state index is 11.5. The highest BCUT2D eigenvalue weighted by atomic mass is 16.4. The van der Waals surface area contributed by atoms with Crippen molar-refractivity contribution in [2.45, 2.75) is 46.6 Å². The van der Waals surface area contributed by atoms with E-state index < -0.39 is 5.97 Å². The standard InChI is InChI=1S/C15H22N2O2/c1-9(2)12-6-5-7-17(12)13-8-10(3)16-11(4)14(13)15(18)19/h8-9,12H,5-7H2,1-4H3,(H,18,19). The van der Waals surface area contributed by atoms with Gasteiger partial charge in [-0.05, 0) is 38.7 Å². The van der Waals surface area contributed by atoms with Crippen LogP contribution in [0.2, 0.25) is 0 Å². The van der Waals surface area contributed by atoms with Crippen LogP contribution in [0.5, 0.6) is 0 Å². The van der Waals surface area contributed by atoms with Gasteiger partial charge in [0, 0.05) is 18.3 Å². The van der Waals surface area contributed by atoms with Crippen molar-refractivity contribution in [1.82, 2.24) is 4.98 Å². The first-order valence-electron chi connectivity index (χ1n) is 6.90. The van der Waals surface area contributed by atoms with Crippen LogP contribution in [0.15, 0.2) is 6.07 Å². The summed E-state index contributed by atoms with van der Waals surface area (Å²) < 4.78 is 0. The van der Waals surface area contributed by atoms with Gasteiger partial charge in [-0.15, -0.1) is 0 Å². The summed E-state index contributed by atoms with van der Waals surface area (Å²) in [6.07, 6.45) is 2.26. The topological polar surface area (TPSA) is 53.4 Å². The molecule has 0 aliphatic carbocycles. The highest BCUT2D eigenvalue weighted by molar-refractivity contribution is 5.95. The van der Waals surface area contributed by atoms with Gasteiger partial charge >= 0.3 is 5.97 Å². The number of pyridine rings is 1. The molecule has 4 nitrogen and oxygen atoms in total. The van der Waals surface area contributed by atoms with Crippen LogP contribution in [-0.4, -0.2) is 28.6 Å². The van der Waals surface area contributed by atoms with E-state index in [1.54, 1.807) is 6.92 Å². The zero-order valence-corrected chi connectivity index (χ0v) is 12.1. The smallest absolute Gasteiger partial charge is 0.339 e. The molecule has 1 aromatic rings. The molecule has 1 N–H and O–H groups in total. The number of carboxylic acid groups (broad SMARTS) is 1. The van der Waals surface area contributed by atoms with E-state index in [1.165, 1.54) is 0 Å². The molecule has 0 aromatic carbocycles. The van der Waals surface area contributed by atoms with E-state index in [-0.39, 0.29) is 0 Å². The fraction of sp³-hybridized carbons (Fsp3) is 0.600. The first-order valence-corrected chi connectivity index (χ1v) is 6.90. The zero-order valence-electron chi connectivity index (χ0n) is 12.1. The maximum Gasteiger partial charge on any atom is 0.339 e. The van der Waals surface area contributed by atoms with E-state index in [9.17, 15) is 9.90 Å². The van der Waals surface area contributed by atoms with E-state index in [1.807, 2.05) is 13.0 Å². The van der Waals surface area contributed by atoms with Crippen molar-refractivity contribution in [2.24, 2.45) is 5.92 Å². The molecule has 1 aromatic heterocycles. The van der Waals surface area contributed by atoms with Gasteiger partial charge in [0.2, 0.25) is 0 Å². The predicted molar refractivity (Wildman–Crippen MR) is 75.9 cm³/mol. The van der Waals surface area contributed by atoms with Crippen LogP contribution in [0.4, 0.5) is 5.69 Å². The number of aryl methyl sites for hydroxylation is 2. The number of carbonyl (C=O) groups is 1.